The molecule has 132 valence electrons. The van der Waals surface area contributed by atoms with Gasteiger partial charge in [-0.15, -0.1) is 0 Å². The van der Waals surface area contributed by atoms with Gasteiger partial charge in [0.15, 0.2) is 0 Å². The Hall–Kier alpha value is -3.27. The average Bonchev–Trinajstić information content (AvgIpc) is 2.66. The van der Waals surface area contributed by atoms with Crippen molar-refractivity contribution < 1.29 is 14.6 Å². The molecule has 0 amide bonds. The lowest BCUT2D eigenvalue weighted by molar-refractivity contribution is 0.0697. The molecular formula is C22H21NO3. The van der Waals surface area contributed by atoms with E-state index in [9.17, 15) is 4.79 Å². The summed E-state index contributed by atoms with van der Waals surface area (Å²) < 4.78 is 5.97. The summed E-state index contributed by atoms with van der Waals surface area (Å²) >= 11 is 0. The van der Waals surface area contributed by atoms with Crippen LogP contribution in [0.25, 0.3) is 0 Å². The van der Waals surface area contributed by atoms with E-state index in [4.69, 9.17) is 9.84 Å². The number of rotatable bonds is 7. The van der Waals surface area contributed by atoms with Crippen LogP contribution in [0.1, 0.15) is 27.0 Å². The van der Waals surface area contributed by atoms with Gasteiger partial charge in [-0.2, -0.15) is 0 Å². The monoisotopic (exact) mass is 347 g/mol. The lowest BCUT2D eigenvalue weighted by atomic mass is 10.1. The molecule has 2 N–H and O–H groups in total. The normalized spacial score (nSPS) is 10.3. The molecule has 0 unspecified atom stereocenters. The molecule has 0 spiro atoms. The van der Waals surface area contributed by atoms with E-state index in [1.165, 1.54) is 0 Å². The average molecular weight is 347 g/mol. The van der Waals surface area contributed by atoms with E-state index in [-0.39, 0.29) is 0 Å². The van der Waals surface area contributed by atoms with Crippen molar-refractivity contribution in [3.63, 3.8) is 0 Å². The Bertz CT molecular complexity index is 891. The molecule has 0 radical (unpaired) electrons. The van der Waals surface area contributed by atoms with Gasteiger partial charge >= 0.3 is 5.97 Å². The van der Waals surface area contributed by atoms with Gasteiger partial charge in [-0.05, 0) is 42.3 Å². The highest BCUT2D eigenvalue weighted by molar-refractivity contribution is 5.88. The predicted molar refractivity (Wildman–Crippen MR) is 103 cm³/mol. The number of nitrogens with one attached hydrogen (secondary N) is 1. The van der Waals surface area contributed by atoms with Gasteiger partial charge in [0.2, 0.25) is 0 Å². The summed E-state index contributed by atoms with van der Waals surface area (Å²) in [6, 6.07) is 23.0. The van der Waals surface area contributed by atoms with Gasteiger partial charge in [0.25, 0.3) is 0 Å². The van der Waals surface area contributed by atoms with E-state index in [0.717, 1.165) is 28.1 Å². The molecule has 0 aliphatic carbocycles. The van der Waals surface area contributed by atoms with Crippen molar-refractivity contribution in [2.24, 2.45) is 0 Å². The minimum atomic E-state index is -0.917. The minimum Gasteiger partial charge on any atom is -0.489 e. The lowest BCUT2D eigenvalue weighted by Gasteiger charge is -2.14. The molecule has 0 saturated heterocycles. The van der Waals surface area contributed by atoms with Gasteiger partial charge in [0.05, 0.1) is 5.56 Å². The highest BCUT2D eigenvalue weighted by Crippen LogP contribution is 2.22. The third kappa shape index (κ3) is 4.42. The Morgan fingerprint density at radius 3 is 2.46 bits per heavy atom. The second-order valence-corrected chi connectivity index (χ2v) is 6.07. The van der Waals surface area contributed by atoms with Gasteiger partial charge in [-0.1, -0.05) is 48.5 Å². The molecular weight excluding hydrogens is 326 g/mol. The zero-order chi connectivity index (χ0) is 18.4. The number of carboxylic acids is 1. The number of aryl methyl sites for hydroxylation is 1. The van der Waals surface area contributed by atoms with Crippen LogP contribution in [-0.2, 0) is 13.2 Å². The van der Waals surface area contributed by atoms with Gasteiger partial charge in [-0.3, -0.25) is 0 Å². The third-order valence-corrected chi connectivity index (χ3v) is 4.15. The first-order valence-electron chi connectivity index (χ1n) is 8.46. The molecule has 3 aromatic carbocycles. The number of hydrogen-bond acceptors (Lipinski definition) is 3. The fraction of sp³-hybridized carbons (Fsp3) is 0.136. The molecule has 4 heteroatoms. The van der Waals surface area contributed by atoms with Crippen LogP contribution in [-0.4, -0.2) is 11.1 Å². The van der Waals surface area contributed by atoms with E-state index in [1.54, 1.807) is 18.2 Å². The highest BCUT2D eigenvalue weighted by Gasteiger charge is 2.07. The Kier molecular flexibility index (Phi) is 5.54. The summed E-state index contributed by atoms with van der Waals surface area (Å²) in [5.74, 6) is -0.0806. The van der Waals surface area contributed by atoms with Gasteiger partial charge in [0.1, 0.15) is 12.4 Å². The fourth-order valence-corrected chi connectivity index (χ4v) is 2.71. The maximum absolute atomic E-state index is 11.0. The van der Waals surface area contributed by atoms with Crippen molar-refractivity contribution >= 4 is 11.7 Å². The largest absolute Gasteiger partial charge is 0.489 e. The van der Waals surface area contributed by atoms with Crippen LogP contribution in [0.2, 0.25) is 0 Å². The van der Waals surface area contributed by atoms with Crippen LogP contribution in [0.3, 0.4) is 0 Å². The Morgan fingerprint density at radius 1 is 1.00 bits per heavy atom. The Labute approximate surface area is 153 Å². The first kappa shape index (κ1) is 17.5. The summed E-state index contributed by atoms with van der Waals surface area (Å²) in [7, 11) is 0. The molecule has 0 heterocycles. The highest BCUT2D eigenvalue weighted by atomic mass is 16.5. The van der Waals surface area contributed by atoms with Crippen LogP contribution >= 0.6 is 0 Å². The van der Waals surface area contributed by atoms with Crippen molar-refractivity contribution in [2.75, 3.05) is 5.32 Å². The number of ether oxygens (including phenoxy) is 1. The van der Waals surface area contributed by atoms with E-state index >= 15 is 0 Å². The summed E-state index contributed by atoms with van der Waals surface area (Å²) in [6.45, 7) is 3.01. The summed E-state index contributed by atoms with van der Waals surface area (Å²) in [4.78, 5) is 11.0. The summed E-state index contributed by atoms with van der Waals surface area (Å²) in [6.07, 6.45) is 0. The number of carboxylic acid groups (broad SMARTS) is 1. The second-order valence-electron chi connectivity index (χ2n) is 6.07. The molecule has 26 heavy (non-hydrogen) atoms. The fourth-order valence-electron chi connectivity index (χ4n) is 2.71. The molecule has 3 rings (SSSR count). The molecule has 0 fully saturated rings. The topological polar surface area (TPSA) is 58.6 Å². The van der Waals surface area contributed by atoms with E-state index in [2.05, 4.69) is 5.32 Å². The van der Waals surface area contributed by atoms with Gasteiger partial charge in [0, 0.05) is 17.8 Å². The van der Waals surface area contributed by atoms with Gasteiger partial charge in [-0.25, -0.2) is 4.79 Å². The van der Waals surface area contributed by atoms with Crippen molar-refractivity contribution in [3.8, 4) is 5.75 Å². The number of para-hydroxylation sites is 1. The molecule has 0 saturated carbocycles. The standard InChI is InChI=1S/C22H21NO3/c1-16-13-18(22(24)25)11-12-20(16)23-14-19-9-5-6-10-21(19)26-15-17-7-3-2-4-8-17/h2-13,23H,14-15H2,1H3,(H,24,25). The van der Waals surface area contributed by atoms with Crippen LogP contribution in [0.4, 0.5) is 5.69 Å². The predicted octanol–water partition coefficient (Wildman–Crippen LogP) is 4.88. The van der Waals surface area contributed by atoms with Crippen molar-refractivity contribution in [2.45, 2.75) is 20.1 Å². The molecule has 0 atom stereocenters. The number of anilines is 1. The van der Waals surface area contributed by atoms with Crippen molar-refractivity contribution in [1.29, 1.82) is 0 Å². The molecule has 0 aliphatic rings. The maximum Gasteiger partial charge on any atom is 0.335 e. The van der Waals surface area contributed by atoms with Crippen LogP contribution in [0.15, 0.2) is 72.8 Å². The third-order valence-electron chi connectivity index (χ3n) is 4.15. The Morgan fingerprint density at radius 2 is 1.73 bits per heavy atom. The lowest BCUT2D eigenvalue weighted by Crippen LogP contribution is -2.05. The van der Waals surface area contributed by atoms with Crippen LogP contribution in [0.5, 0.6) is 5.75 Å². The second kappa shape index (κ2) is 8.21. The molecule has 0 aromatic heterocycles. The number of aromatic carboxylic acids is 1. The number of hydrogen-bond donors (Lipinski definition) is 2. The van der Waals surface area contributed by atoms with Crippen LogP contribution < -0.4 is 10.1 Å². The van der Waals surface area contributed by atoms with Crippen LogP contribution in [0, 0.1) is 6.92 Å². The Balaban J connectivity index is 1.68. The van der Waals surface area contributed by atoms with Crippen molar-refractivity contribution in [3.05, 3.63) is 95.1 Å². The first-order chi connectivity index (χ1) is 12.6. The van der Waals surface area contributed by atoms with E-state index < -0.39 is 5.97 Å². The first-order valence-corrected chi connectivity index (χ1v) is 8.46. The SMILES string of the molecule is Cc1cc(C(=O)O)ccc1NCc1ccccc1OCc1ccccc1. The molecule has 4 nitrogen and oxygen atoms in total. The zero-order valence-electron chi connectivity index (χ0n) is 14.6. The molecule has 0 aliphatic heterocycles. The maximum atomic E-state index is 11.0. The molecule has 3 aromatic rings. The van der Waals surface area contributed by atoms with E-state index in [1.807, 2.05) is 61.5 Å². The summed E-state index contributed by atoms with van der Waals surface area (Å²) in [5, 5.41) is 12.4. The quantitative estimate of drug-likeness (QED) is 0.639. The summed E-state index contributed by atoms with van der Waals surface area (Å²) in [5.41, 5.74) is 4.26. The van der Waals surface area contributed by atoms with Gasteiger partial charge < -0.3 is 15.2 Å². The molecule has 0 bridgehead atoms. The minimum absolute atomic E-state index is 0.291. The number of carbonyl (C=O) groups is 1. The smallest absolute Gasteiger partial charge is 0.335 e. The van der Waals surface area contributed by atoms with Crippen molar-refractivity contribution in [1.82, 2.24) is 0 Å². The zero-order valence-corrected chi connectivity index (χ0v) is 14.6. The van der Waals surface area contributed by atoms with E-state index in [0.29, 0.717) is 18.7 Å². The number of benzene rings is 3.